The number of nitrogens with one attached hydrogen (secondary N) is 1. The molecule has 0 unspecified atom stereocenters. The molecule has 0 bridgehead atoms. The standard InChI is InChI=1S/C15H24N6O/c1-12-9-20(10-13(2)22-12)7-4-3-5-16-14-15-19-18-11-21(15)8-6-17-14/h6,8,11-13H,3-5,7,9-10H2,1-2H3,(H,16,17)/t12-,13+. The summed E-state index contributed by atoms with van der Waals surface area (Å²) in [6.07, 6.45) is 8.26. The van der Waals surface area contributed by atoms with Gasteiger partial charge in [-0.25, -0.2) is 4.98 Å². The maximum atomic E-state index is 5.76. The van der Waals surface area contributed by atoms with Crippen molar-refractivity contribution >= 4 is 11.5 Å². The molecule has 3 heterocycles. The van der Waals surface area contributed by atoms with Crippen molar-refractivity contribution in [1.82, 2.24) is 24.5 Å². The van der Waals surface area contributed by atoms with Gasteiger partial charge in [0.05, 0.1) is 12.2 Å². The van der Waals surface area contributed by atoms with Crippen LogP contribution in [0, 0.1) is 0 Å². The van der Waals surface area contributed by atoms with Gasteiger partial charge in [0.25, 0.3) is 0 Å². The average Bonchev–Trinajstić information content (AvgIpc) is 2.95. The van der Waals surface area contributed by atoms with Gasteiger partial charge in [-0.1, -0.05) is 0 Å². The molecule has 7 heteroatoms. The third-order valence-electron chi connectivity index (χ3n) is 3.90. The minimum Gasteiger partial charge on any atom is -0.373 e. The molecule has 0 radical (unpaired) electrons. The van der Waals surface area contributed by atoms with Crippen LogP contribution in [0.5, 0.6) is 0 Å². The summed E-state index contributed by atoms with van der Waals surface area (Å²) in [5.41, 5.74) is 0.776. The van der Waals surface area contributed by atoms with Crippen molar-refractivity contribution in [2.24, 2.45) is 0 Å². The fourth-order valence-electron chi connectivity index (χ4n) is 3.02. The van der Waals surface area contributed by atoms with E-state index < -0.39 is 0 Å². The molecular formula is C15H24N6O. The quantitative estimate of drug-likeness (QED) is 0.814. The van der Waals surface area contributed by atoms with Crippen LogP contribution in [0.4, 0.5) is 5.82 Å². The van der Waals surface area contributed by atoms with E-state index in [0.29, 0.717) is 12.2 Å². The van der Waals surface area contributed by atoms with Crippen molar-refractivity contribution in [3.8, 4) is 0 Å². The number of ether oxygens (including phenoxy) is 1. The highest BCUT2D eigenvalue weighted by molar-refractivity contribution is 5.61. The molecule has 0 aromatic carbocycles. The highest BCUT2D eigenvalue weighted by Gasteiger charge is 2.21. The van der Waals surface area contributed by atoms with Crippen LogP contribution in [0.25, 0.3) is 5.65 Å². The van der Waals surface area contributed by atoms with E-state index in [2.05, 4.69) is 39.2 Å². The number of unbranched alkanes of at least 4 members (excludes halogenated alkanes) is 1. The largest absolute Gasteiger partial charge is 0.373 e. The Bertz CT molecular complexity index is 590. The summed E-state index contributed by atoms with van der Waals surface area (Å²) in [5.74, 6) is 0.800. The maximum Gasteiger partial charge on any atom is 0.203 e. The van der Waals surface area contributed by atoms with E-state index in [1.165, 1.54) is 6.42 Å². The van der Waals surface area contributed by atoms with E-state index in [0.717, 1.165) is 44.1 Å². The van der Waals surface area contributed by atoms with E-state index >= 15 is 0 Å². The van der Waals surface area contributed by atoms with Crippen LogP contribution in [0.15, 0.2) is 18.7 Å². The normalized spacial score (nSPS) is 23.0. The monoisotopic (exact) mass is 304 g/mol. The number of nitrogens with zero attached hydrogens (tertiary/aromatic N) is 5. The lowest BCUT2D eigenvalue weighted by molar-refractivity contribution is -0.0681. The predicted molar refractivity (Wildman–Crippen MR) is 85.0 cm³/mol. The number of fused-ring (bicyclic) bond motifs is 1. The van der Waals surface area contributed by atoms with Crippen LogP contribution >= 0.6 is 0 Å². The van der Waals surface area contributed by atoms with E-state index in [4.69, 9.17) is 4.74 Å². The van der Waals surface area contributed by atoms with Gasteiger partial charge in [0.1, 0.15) is 6.33 Å². The summed E-state index contributed by atoms with van der Waals surface area (Å²) in [4.78, 5) is 6.82. The third-order valence-corrected chi connectivity index (χ3v) is 3.90. The van der Waals surface area contributed by atoms with Gasteiger partial charge in [-0.2, -0.15) is 0 Å². The molecule has 1 N–H and O–H groups in total. The molecule has 1 aliphatic rings. The maximum absolute atomic E-state index is 5.76. The SMILES string of the molecule is C[C@@H]1CN(CCCCNc2nccn3cnnc23)C[C@H](C)O1. The second-order valence-corrected chi connectivity index (χ2v) is 5.99. The molecule has 0 amide bonds. The number of hydrogen-bond donors (Lipinski definition) is 1. The predicted octanol–water partition coefficient (Wildman–Crippen LogP) is 1.43. The van der Waals surface area contributed by atoms with Crippen LogP contribution in [-0.4, -0.2) is 62.9 Å². The van der Waals surface area contributed by atoms with Crippen molar-refractivity contribution in [2.75, 3.05) is 31.5 Å². The zero-order valence-electron chi connectivity index (χ0n) is 13.3. The Morgan fingerprint density at radius 3 is 2.91 bits per heavy atom. The van der Waals surface area contributed by atoms with E-state index in [1.807, 2.05) is 10.6 Å². The summed E-state index contributed by atoms with van der Waals surface area (Å²) in [7, 11) is 0. The Hall–Kier alpha value is -1.73. The van der Waals surface area contributed by atoms with Gasteiger partial charge < -0.3 is 10.1 Å². The summed E-state index contributed by atoms with van der Waals surface area (Å²) in [6, 6.07) is 0. The molecule has 2 aromatic heterocycles. The van der Waals surface area contributed by atoms with Gasteiger partial charge in [0.15, 0.2) is 5.82 Å². The number of anilines is 1. The fourth-order valence-corrected chi connectivity index (χ4v) is 3.02. The van der Waals surface area contributed by atoms with E-state index in [9.17, 15) is 0 Å². The number of rotatable bonds is 6. The molecule has 7 nitrogen and oxygen atoms in total. The first-order chi connectivity index (χ1) is 10.7. The molecule has 1 saturated heterocycles. The number of morpholine rings is 1. The molecule has 1 aliphatic heterocycles. The van der Waals surface area contributed by atoms with Gasteiger partial charge in [0.2, 0.25) is 5.65 Å². The van der Waals surface area contributed by atoms with Crippen LogP contribution in [-0.2, 0) is 4.74 Å². The summed E-state index contributed by atoms with van der Waals surface area (Å²) < 4.78 is 7.62. The highest BCUT2D eigenvalue weighted by atomic mass is 16.5. The van der Waals surface area contributed by atoms with Gasteiger partial charge in [-0.15, -0.1) is 10.2 Å². The lowest BCUT2D eigenvalue weighted by Crippen LogP contribution is -2.45. The van der Waals surface area contributed by atoms with Crippen LogP contribution < -0.4 is 5.32 Å². The Morgan fingerprint density at radius 2 is 2.09 bits per heavy atom. The molecule has 120 valence electrons. The van der Waals surface area contributed by atoms with Crippen molar-refractivity contribution in [3.63, 3.8) is 0 Å². The molecular weight excluding hydrogens is 280 g/mol. The second kappa shape index (κ2) is 7.02. The minimum absolute atomic E-state index is 0.344. The fraction of sp³-hybridized carbons (Fsp3) is 0.667. The summed E-state index contributed by atoms with van der Waals surface area (Å²) in [6.45, 7) is 8.40. The molecule has 22 heavy (non-hydrogen) atoms. The first-order valence-electron chi connectivity index (χ1n) is 7.98. The highest BCUT2D eigenvalue weighted by Crippen LogP contribution is 2.12. The van der Waals surface area contributed by atoms with E-state index in [-0.39, 0.29) is 0 Å². The van der Waals surface area contributed by atoms with Gasteiger partial charge in [-0.05, 0) is 33.2 Å². The zero-order chi connectivity index (χ0) is 15.4. The number of aromatic nitrogens is 4. The number of hydrogen-bond acceptors (Lipinski definition) is 6. The van der Waals surface area contributed by atoms with Gasteiger partial charge in [0, 0.05) is 32.0 Å². The minimum atomic E-state index is 0.344. The summed E-state index contributed by atoms with van der Waals surface area (Å²) >= 11 is 0. The smallest absolute Gasteiger partial charge is 0.203 e. The molecule has 2 aromatic rings. The molecule has 0 saturated carbocycles. The zero-order valence-corrected chi connectivity index (χ0v) is 13.3. The molecule has 1 fully saturated rings. The van der Waals surface area contributed by atoms with Crippen LogP contribution in [0.1, 0.15) is 26.7 Å². The first kappa shape index (κ1) is 15.2. The van der Waals surface area contributed by atoms with Gasteiger partial charge >= 0.3 is 0 Å². The Balaban J connectivity index is 1.40. The molecule has 0 aliphatic carbocycles. The molecule has 2 atom stereocenters. The first-order valence-corrected chi connectivity index (χ1v) is 7.98. The van der Waals surface area contributed by atoms with Crippen LogP contribution in [0.2, 0.25) is 0 Å². The topological polar surface area (TPSA) is 67.6 Å². The van der Waals surface area contributed by atoms with Gasteiger partial charge in [-0.3, -0.25) is 9.30 Å². The molecule has 3 rings (SSSR count). The Labute approximate surface area is 130 Å². The average molecular weight is 304 g/mol. The van der Waals surface area contributed by atoms with Crippen molar-refractivity contribution < 1.29 is 4.74 Å². The van der Waals surface area contributed by atoms with Crippen molar-refractivity contribution in [1.29, 1.82) is 0 Å². The van der Waals surface area contributed by atoms with Crippen LogP contribution in [0.3, 0.4) is 0 Å². The third kappa shape index (κ3) is 3.72. The van der Waals surface area contributed by atoms with E-state index in [1.54, 1.807) is 12.5 Å². The lowest BCUT2D eigenvalue weighted by Gasteiger charge is -2.35. The molecule has 0 spiro atoms. The van der Waals surface area contributed by atoms with Crippen molar-refractivity contribution in [2.45, 2.75) is 38.9 Å². The Morgan fingerprint density at radius 1 is 1.27 bits per heavy atom. The Kier molecular flexibility index (Phi) is 4.84. The lowest BCUT2D eigenvalue weighted by atomic mass is 10.2. The summed E-state index contributed by atoms with van der Waals surface area (Å²) in [5, 5.41) is 11.3. The van der Waals surface area contributed by atoms with Crippen molar-refractivity contribution in [3.05, 3.63) is 18.7 Å². The second-order valence-electron chi connectivity index (χ2n) is 5.99.